The van der Waals surface area contributed by atoms with Crippen LogP contribution in [0.3, 0.4) is 0 Å². The first kappa shape index (κ1) is 66.5. The first-order valence-electron chi connectivity index (χ1n) is 28.1. The van der Waals surface area contributed by atoms with Crippen molar-refractivity contribution in [3.63, 3.8) is 0 Å². The van der Waals surface area contributed by atoms with Crippen molar-refractivity contribution in [2.45, 2.75) is 237 Å². The van der Waals surface area contributed by atoms with E-state index in [1.54, 1.807) is 48.5 Å². The molecule has 0 aromatic rings. The summed E-state index contributed by atoms with van der Waals surface area (Å²) in [6, 6.07) is 0. The van der Waals surface area contributed by atoms with E-state index in [0.29, 0.717) is 30.3 Å². The molecule has 0 bridgehead atoms. The number of hydrogen-bond donors (Lipinski definition) is 2. The van der Waals surface area contributed by atoms with Crippen molar-refractivity contribution >= 4 is 41.4 Å². The van der Waals surface area contributed by atoms with E-state index < -0.39 is 106 Å². The molecule has 15 heteroatoms. The fourth-order valence-electron chi connectivity index (χ4n) is 12.3. The van der Waals surface area contributed by atoms with Gasteiger partial charge in [-0.15, -0.1) is 0 Å². The molecule has 0 radical (unpaired) electrons. The molecule has 2 fully saturated rings. The highest BCUT2D eigenvalue weighted by Crippen LogP contribution is 2.44. The summed E-state index contributed by atoms with van der Waals surface area (Å²) in [5.74, 6) is -6.16. The summed E-state index contributed by atoms with van der Waals surface area (Å²) in [7, 11) is 0. The van der Waals surface area contributed by atoms with Gasteiger partial charge < -0.3 is 38.6 Å². The minimum atomic E-state index is -2.19. The van der Waals surface area contributed by atoms with Crippen LogP contribution in [-0.2, 0) is 62.0 Å². The van der Waals surface area contributed by atoms with Crippen LogP contribution >= 0.6 is 0 Å². The van der Waals surface area contributed by atoms with Gasteiger partial charge in [-0.05, 0) is 126 Å². The van der Waals surface area contributed by atoms with Crippen molar-refractivity contribution in [2.24, 2.45) is 70.0 Å². The zero-order valence-electron chi connectivity index (χ0n) is 49.9. The predicted molar refractivity (Wildman–Crippen MR) is 290 cm³/mol. The molecule has 432 valence electrons. The van der Waals surface area contributed by atoms with Crippen molar-refractivity contribution < 1.29 is 72.2 Å². The standard InChI is InChI=1S/C31H50O7.C30H48O8/c1-12-24-31(35,13-2)16-19(5)25(32)18(4)15-30(10,11)27(22(8)26(33)23(9)28(34)37-24)38-29-21(7)17(3)14-20(6)36-29;1-11-23-30(35,15-31)14-18(4)24(32)17(3)13-29(9,10)26(21(7)25(33)22(8)27(34)37-23)38-28-20(6)16(2)12-19(5)36-28/h13,16-18,20-24,27,29,35H,2,12,14-15H2,1,3-11H3;14-17,19-23,26,28,35H,11-13H2,1-10H3/b19-16+;18-14+/t17-,18+,20+,21+,22-,23+,24+,27+,29?,31-;16-,17+,19+,20+,21-,22+,23+,26+,28?,30+/m00/s1. The molecule has 4 rings (SSSR count). The Balaban J connectivity index is 0.000000400. The summed E-state index contributed by atoms with van der Waals surface area (Å²) in [4.78, 5) is 92.4. The van der Waals surface area contributed by atoms with Gasteiger partial charge in [-0.2, -0.15) is 0 Å². The molecule has 15 nitrogen and oxygen atoms in total. The molecule has 0 aromatic heterocycles. The third kappa shape index (κ3) is 15.8. The number of allylic oxidation sites excluding steroid dienone is 2. The molecule has 0 saturated carbocycles. The number of carbonyl (C=O) groups excluding carboxylic acids is 7. The SMILES string of the molecule is C=C[C@]1(O)/C=C(\C)C(=O)[C@H](C)CC(C)(C)[C@H](OC2O[C@H](C)C[C@H](C)[C@H]2C)[C@@H](C)C(=O)[C@@H](C)C(=O)O[C@@H]1CC.CC[C@H]1OC(=O)[C@H](C)C(=O)[C@H](C)[C@@H](OC2O[C@H](C)C[C@H](C)[C@H]2C)C(C)(C)C[C@@H](C)C(=O)/C(C)=C/[C@@]1(O)C=O. The Kier molecular flexibility index (Phi) is 23.6. The van der Waals surface area contributed by atoms with Crippen molar-refractivity contribution in [1.82, 2.24) is 0 Å². The lowest BCUT2D eigenvalue weighted by Crippen LogP contribution is -2.51. The van der Waals surface area contributed by atoms with Gasteiger partial charge in [-0.3, -0.25) is 33.6 Å². The molecular weight excluding hydrogens is 973 g/mol. The van der Waals surface area contributed by atoms with Gasteiger partial charge in [-0.25, -0.2) is 0 Å². The van der Waals surface area contributed by atoms with E-state index in [1.807, 2.05) is 48.5 Å². The van der Waals surface area contributed by atoms with Crippen LogP contribution in [0.5, 0.6) is 0 Å². The lowest BCUT2D eigenvalue weighted by molar-refractivity contribution is -0.267. The van der Waals surface area contributed by atoms with E-state index in [9.17, 15) is 43.8 Å². The maximum absolute atomic E-state index is 13.7. The average Bonchev–Trinajstić information content (AvgIpc) is 3.35. The van der Waals surface area contributed by atoms with Gasteiger partial charge in [0.1, 0.15) is 29.6 Å². The highest BCUT2D eigenvalue weighted by atomic mass is 16.7. The van der Waals surface area contributed by atoms with Gasteiger partial charge in [0.2, 0.25) is 0 Å². The van der Waals surface area contributed by atoms with E-state index in [1.165, 1.54) is 32.1 Å². The molecule has 2 N–H and O–H groups in total. The lowest BCUT2D eigenvalue weighted by Gasteiger charge is -2.45. The summed E-state index contributed by atoms with van der Waals surface area (Å²) < 4.78 is 36.8. The summed E-state index contributed by atoms with van der Waals surface area (Å²) in [6.45, 7) is 40.9. The summed E-state index contributed by atoms with van der Waals surface area (Å²) in [5.41, 5.74) is -4.65. The number of carbonyl (C=O) groups is 7. The van der Waals surface area contributed by atoms with Gasteiger partial charge in [-0.1, -0.05) is 110 Å². The van der Waals surface area contributed by atoms with Gasteiger partial charge in [0.05, 0.1) is 24.4 Å². The van der Waals surface area contributed by atoms with E-state index in [2.05, 4.69) is 34.3 Å². The van der Waals surface area contributed by atoms with Gasteiger partial charge in [0.25, 0.3) is 0 Å². The molecule has 0 spiro atoms. The molecule has 0 amide bonds. The number of ether oxygens (including phenoxy) is 6. The van der Waals surface area contributed by atoms with E-state index in [-0.39, 0.29) is 71.9 Å². The highest BCUT2D eigenvalue weighted by Gasteiger charge is 2.49. The smallest absolute Gasteiger partial charge is 0.316 e. The Hall–Kier alpha value is -3.73. The van der Waals surface area contributed by atoms with Crippen molar-refractivity contribution in [2.75, 3.05) is 0 Å². The van der Waals surface area contributed by atoms with Crippen LogP contribution in [0.25, 0.3) is 0 Å². The monoisotopic (exact) mass is 1070 g/mol. The second-order valence-electron chi connectivity index (χ2n) is 25.0. The number of Topliss-reactive ketones (excluding diaryl/α,β-unsaturated/α-hetero) is 4. The molecule has 4 aliphatic rings. The number of aliphatic hydroxyl groups is 2. The number of ketones is 4. The summed E-state index contributed by atoms with van der Waals surface area (Å²) in [6.07, 6.45) is 2.66. The zero-order chi connectivity index (χ0) is 58.3. The van der Waals surface area contributed by atoms with Crippen LogP contribution in [0, 0.1) is 70.0 Å². The Labute approximate surface area is 455 Å². The Morgan fingerprint density at radius 2 is 0.921 bits per heavy atom. The first-order valence-corrected chi connectivity index (χ1v) is 28.1. The normalized spacial score (nSPS) is 43.0. The van der Waals surface area contributed by atoms with Gasteiger partial charge in [0.15, 0.2) is 47.6 Å². The molecule has 0 aromatic carbocycles. The largest absolute Gasteiger partial charge is 0.458 e. The minimum absolute atomic E-state index is 0.00330. The molecule has 0 aliphatic carbocycles. The van der Waals surface area contributed by atoms with Crippen molar-refractivity contribution in [3.8, 4) is 0 Å². The molecular formula is C61H98O15. The van der Waals surface area contributed by atoms with Crippen molar-refractivity contribution in [1.29, 1.82) is 0 Å². The second kappa shape index (κ2) is 27.0. The van der Waals surface area contributed by atoms with Gasteiger partial charge >= 0.3 is 11.9 Å². The van der Waals surface area contributed by atoms with Crippen LogP contribution < -0.4 is 0 Å². The van der Waals surface area contributed by atoms with Crippen molar-refractivity contribution in [3.05, 3.63) is 36.0 Å². The Morgan fingerprint density at radius 3 is 1.24 bits per heavy atom. The fraction of sp³-hybridized carbons (Fsp3) is 0.787. The fourth-order valence-corrected chi connectivity index (χ4v) is 12.3. The number of aldehydes is 1. The van der Waals surface area contributed by atoms with E-state index in [0.717, 1.165) is 12.8 Å². The third-order valence-electron chi connectivity index (χ3n) is 17.3. The Morgan fingerprint density at radius 1 is 0.592 bits per heavy atom. The topological polar surface area (TPSA) is 215 Å². The second-order valence-corrected chi connectivity index (χ2v) is 25.0. The van der Waals surface area contributed by atoms with Crippen LogP contribution in [0.4, 0.5) is 0 Å². The summed E-state index contributed by atoms with van der Waals surface area (Å²) >= 11 is 0. The maximum Gasteiger partial charge on any atom is 0.316 e. The zero-order valence-corrected chi connectivity index (χ0v) is 49.9. The van der Waals surface area contributed by atoms with E-state index >= 15 is 0 Å². The molecule has 4 aliphatic heterocycles. The Bertz CT molecular complexity index is 1990. The number of rotatable bonds is 8. The van der Waals surface area contributed by atoms with Crippen LogP contribution in [0.15, 0.2) is 36.0 Å². The van der Waals surface area contributed by atoms with Crippen LogP contribution in [0.1, 0.15) is 177 Å². The van der Waals surface area contributed by atoms with Crippen LogP contribution in [0.2, 0.25) is 0 Å². The number of cyclic esters (lactones) is 2. The molecule has 2 saturated heterocycles. The van der Waals surface area contributed by atoms with Crippen LogP contribution in [-0.4, -0.2) is 112 Å². The molecule has 76 heavy (non-hydrogen) atoms. The molecule has 2 unspecified atom stereocenters. The predicted octanol–water partition coefficient (Wildman–Crippen LogP) is 9.89. The molecule has 20 atom stereocenters. The maximum atomic E-state index is 13.7. The van der Waals surface area contributed by atoms with E-state index in [4.69, 9.17) is 28.4 Å². The first-order chi connectivity index (χ1) is 35.0. The lowest BCUT2D eigenvalue weighted by atomic mass is 9.70. The third-order valence-corrected chi connectivity index (χ3v) is 17.3. The quantitative estimate of drug-likeness (QED) is 0.100. The highest BCUT2D eigenvalue weighted by molar-refractivity contribution is 6.01. The summed E-state index contributed by atoms with van der Waals surface area (Å²) in [5, 5.41) is 22.3. The van der Waals surface area contributed by atoms with Gasteiger partial charge in [0, 0.05) is 35.5 Å². The molecule has 4 heterocycles. The average molecular weight is 1070 g/mol. The number of esters is 2. The minimum Gasteiger partial charge on any atom is -0.458 e. The number of hydrogen-bond acceptors (Lipinski definition) is 15.